The number of thiophene rings is 1. The van der Waals surface area contributed by atoms with Gasteiger partial charge in [-0.3, -0.25) is 9.69 Å². The predicted octanol–water partition coefficient (Wildman–Crippen LogP) is 3.89. The minimum atomic E-state index is -3.65. The van der Waals surface area contributed by atoms with Crippen LogP contribution in [0, 0.1) is 0 Å². The number of piperidine rings is 2. The molecule has 1 atom stereocenters. The molecule has 1 aromatic carbocycles. The third-order valence-corrected chi connectivity index (χ3v) is 9.54. The molecule has 2 aliphatic heterocycles. The molecule has 4 rings (SSSR count). The van der Waals surface area contributed by atoms with Crippen molar-refractivity contribution in [3.8, 4) is 5.75 Å². The van der Waals surface area contributed by atoms with Gasteiger partial charge in [0.1, 0.15) is 15.5 Å². The number of likely N-dealkylation sites (tertiary alicyclic amines) is 1. The van der Waals surface area contributed by atoms with Crippen LogP contribution in [0.25, 0.3) is 0 Å². The lowest BCUT2D eigenvalue weighted by atomic mass is 10.0. The fourth-order valence-electron chi connectivity index (χ4n) is 4.69. The quantitative estimate of drug-likeness (QED) is 0.606. The number of methoxy groups -OCH3 is 1. The first kappa shape index (κ1) is 24.2. The van der Waals surface area contributed by atoms with Gasteiger partial charge in [-0.15, -0.1) is 11.3 Å². The van der Waals surface area contributed by atoms with E-state index >= 15 is 0 Å². The van der Waals surface area contributed by atoms with E-state index in [4.69, 9.17) is 4.74 Å². The van der Waals surface area contributed by atoms with Crippen molar-refractivity contribution in [2.24, 2.45) is 0 Å². The maximum atomic E-state index is 13.2. The summed E-state index contributed by atoms with van der Waals surface area (Å²) in [7, 11) is -2.01. The van der Waals surface area contributed by atoms with Crippen molar-refractivity contribution in [1.82, 2.24) is 14.5 Å². The van der Waals surface area contributed by atoms with Gasteiger partial charge in [-0.25, -0.2) is 8.42 Å². The Balaban J connectivity index is 1.50. The maximum absolute atomic E-state index is 13.2. The molecule has 9 heteroatoms. The van der Waals surface area contributed by atoms with Gasteiger partial charge in [0.2, 0.25) is 10.0 Å². The third kappa shape index (κ3) is 5.59. The molecule has 0 radical (unpaired) electrons. The van der Waals surface area contributed by atoms with E-state index in [1.165, 1.54) is 22.1 Å². The van der Waals surface area contributed by atoms with E-state index in [1.807, 2.05) is 24.3 Å². The summed E-state index contributed by atoms with van der Waals surface area (Å²) in [6.45, 7) is 3.44. The zero-order valence-corrected chi connectivity index (χ0v) is 20.8. The number of hydrogen-bond acceptors (Lipinski definition) is 6. The van der Waals surface area contributed by atoms with Crippen molar-refractivity contribution < 1.29 is 17.9 Å². The number of carbonyl (C=O) groups is 1. The number of sulfonamides is 1. The Bertz CT molecular complexity index is 1020. The van der Waals surface area contributed by atoms with Gasteiger partial charge in [0.25, 0.3) is 5.91 Å². The van der Waals surface area contributed by atoms with Crippen LogP contribution in [0.15, 0.2) is 40.6 Å². The van der Waals surface area contributed by atoms with Gasteiger partial charge in [-0.2, -0.15) is 4.31 Å². The molecule has 1 amide bonds. The standard InChI is InChI=1S/C24H33N3O4S2/c1-31-20-10-8-19(9-11-20)21(26-13-4-2-5-14-26)18-25-24(28)23-22(12-17-32-23)33(29,30)27-15-6-3-7-16-27/h8-12,17,21H,2-7,13-16,18H2,1H3,(H,25,28). The monoisotopic (exact) mass is 491 g/mol. The van der Waals surface area contributed by atoms with E-state index in [9.17, 15) is 13.2 Å². The largest absolute Gasteiger partial charge is 0.497 e. The van der Waals surface area contributed by atoms with Crippen LogP contribution in [-0.2, 0) is 10.0 Å². The number of hydrogen-bond donors (Lipinski definition) is 1. The topological polar surface area (TPSA) is 78.9 Å². The van der Waals surface area contributed by atoms with E-state index in [2.05, 4.69) is 10.2 Å². The lowest BCUT2D eigenvalue weighted by Gasteiger charge is -2.35. The number of amides is 1. The fraction of sp³-hybridized carbons (Fsp3) is 0.542. The average Bonchev–Trinajstić information content (AvgIpc) is 3.37. The highest BCUT2D eigenvalue weighted by molar-refractivity contribution is 7.89. The zero-order valence-electron chi connectivity index (χ0n) is 19.2. The first-order valence-corrected chi connectivity index (χ1v) is 14.1. The van der Waals surface area contributed by atoms with Crippen molar-refractivity contribution in [3.05, 3.63) is 46.2 Å². The van der Waals surface area contributed by atoms with Crippen LogP contribution >= 0.6 is 11.3 Å². The highest BCUT2D eigenvalue weighted by Crippen LogP contribution is 2.29. The minimum Gasteiger partial charge on any atom is -0.497 e. The minimum absolute atomic E-state index is 0.0299. The van der Waals surface area contributed by atoms with Gasteiger partial charge in [-0.1, -0.05) is 25.0 Å². The van der Waals surface area contributed by atoms with Gasteiger partial charge in [-0.05, 0) is 67.9 Å². The van der Waals surface area contributed by atoms with E-state index in [0.29, 0.717) is 19.6 Å². The van der Waals surface area contributed by atoms with Crippen LogP contribution in [0.4, 0.5) is 0 Å². The van der Waals surface area contributed by atoms with Crippen molar-refractivity contribution in [1.29, 1.82) is 0 Å². The Kier molecular flexibility index (Phi) is 8.06. The molecule has 0 spiro atoms. The molecule has 2 aliphatic rings. The smallest absolute Gasteiger partial charge is 0.262 e. The number of carbonyl (C=O) groups excluding carboxylic acids is 1. The van der Waals surface area contributed by atoms with Crippen LogP contribution in [0.3, 0.4) is 0 Å². The lowest BCUT2D eigenvalue weighted by molar-refractivity contribution is 0.0925. The highest BCUT2D eigenvalue weighted by Gasteiger charge is 2.31. The summed E-state index contributed by atoms with van der Waals surface area (Å²) in [4.78, 5) is 16.0. The van der Waals surface area contributed by atoms with Crippen LogP contribution < -0.4 is 10.1 Å². The van der Waals surface area contributed by atoms with Crippen LogP contribution in [-0.4, -0.2) is 63.4 Å². The summed E-state index contributed by atoms with van der Waals surface area (Å²) in [5.41, 5.74) is 1.12. The second-order valence-electron chi connectivity index (χ2n) is 8.67. The first-order chi connectivity index (χ1) is 16.0. The number of ether oxygens (including phenoxy) is 1. The van der Waals surface area contributed by atoms with Crippen molar-refractivity contribution in [2.45, 2.75) is 49.5 Å². The summed E-state index contributed by atoms with van der Waals surface area (Å²) < 4.78 is 33.2. The lowest BCUT2D eigenvalue weighted by Crippen LogP contribution is -2.41. The van der Waals surface area contributed by atoms with E-state index in [1.54, 1.807) is 18.6 Å². The molecule has 180 valence electrons. The number of rotatable bonds is 8. The molecule has 33 heavy (non-hydrogen) atoms. The summed E-state index contributed by atoms with van der Waals surface area (Å²) in [5, 5.41) is 4.73. The average molecular weight is 492 g/mol. The van der Waals surface area contributed by atoms with Crippen molar-refractivity contribution in [2.75, 3.05) is 39.8 Å². The Labute approximate surface area is 200 Å². The molecular weight excluding hydrogens is 458 g/mol. The second-order valence-corrected chi connectivity index (χ2v) is 11.5. The zero-order chi connectivity index (χ0) is 23.3. The van der Waals surface area contributed by atoms with Crippen LogP contribution in [0.5, 0.6) is 5.75 Å². The third-order valence-electron chi connectivity index (χ3n) is 6.56. The molecule has 2 fully saturated rings. The SMILES string of the molecule is COc1ccc(C(CNC(=O)c2sccc2S(=O)(=O)N2CCCCC2)N2CCCCC2)cc1. The Morgan fingerprint density at radius 2 is 1.64 bits per heavy atom. The summed E-state index contributed by atoms with van der Waals surface area (Å²) >= 11 is 1.19. The number of nitrogens with one attached hydrogen (secondary N) is 1. The van der Waals surface area contributed by atoms with E-state index in [-0.39, 0.29) is 21.7 Å². The number of nitrogens with zero attached hydrogens (tertiary/aromatic N) is 2. The molecule has 2 aromatic rings. The van der Waals surface area contributed by atoms with Gasteiger partial charge in [0.05, 0.1) is 13.2 Å². The van der Waals surface area contributed by atoms with Crippen LogP contribution in [0.1, 0.15) is 59.8 Å². The molecule has 1 N–H and O–H groups in total. The Morgan fingerprint density at radius 3 is 2.27 bits per heavy atom. The van der Waals surface area contributed by atoms with Gasteiger partial charge in [0, 0.05) is 19.6 Å². The van der Waals surface area contributed by atoms with E-state index < -0.39 is 10.0 Å². The van der Waals surface area contributed by atoms with Gasteiger partial charge in [0.15, 0.2) is 0 Å². The molecule has 1 unspecified atom stereocenters. The molecule has 0 aliphatic carbocycles. The van der Waals surface area contributed by atoms with Crippen molar-refractivity contribution >= 4 is 27.3 Å². The number of benzene rings is 1. The molecule has 7 nitrogen and oxygen atoms in total. The van der Waals surface area contributed by atoms with Gasteiger partial charge >= 0.3 is 0 Å². The molecular formula is C24H33N3O4S2. The van der Waals surface area contributed by atoms with E-state index in [0.717, 1.165) is 56.5 Å². The second kappa shape index (κ2) is 11.0. The molecule has 2 saturated heterocycles. The van der Waals surface area contributed by atoms with Gasteiger partial charge < -0.3 is 10.1 Å². The molecule has 3 heterocycles. The predicted molar refractivity (Wildman–Crippen MR) is 130 cm³/mol. The normalized spacial score (nSPS) is 19.2. The molecule has 1 aromatic heterocycles. The fourth-order valence-corrected chi connectivity index (χ4v) is 7.53. The maximum Gasteiger partial charge on any atom is 0.262 e. The van der Waals surface area contributed by atoms with Crippen molar-refractivity contribution in [3.63, 3.8) is 0 Å². The summed E-state index contributed by atoms with van der Waals surface area (Å²) in [6, 6.07) is 9.56. The summed E-state index contributed by atoms with van der Waals surface area (Å²) in [6.07, 6.45) is 6.29. The Hall–Kier alpha value is -1.94. The van der Waals surface area contributed by atoms with Crippen LogP contribution in [0.2, 0.25) is 0 Å². The molecule has 0 bridgehead atoms. The molecule has 0 saturated carbocycles. The highest BCUT2D eigenvalue weighted by atomic mass is 32.2. The Morgan fingerprint density at radius 1 is 1.00 bits per heavy atom. The summed E-state index contributed by atoms with van der Waals surface area (Å²) in [5.74, 6) is 0.474. The first-order valence-electron chi connectivity index (χ1n) is 11.7.